The second kappa shape index (κ2) is 5.31. The third-order valence-corrected chi connectivity index (χ3v) is 2.71. The topological polar surface area (TPSA) is 27.1 Å². The van der Waals surface area contributed by atoms with E-state index in [0.29, 0.717) is 16.8 Å². The molecule has 0 amide bonds. The van der Waals surface area contributed by atoms with Crippen LogP contribution in [0.5, 0.6) is 5.75 Å². The van der Waals surface area contributed by atoms with E-state index >= 15 is 0 Å². The molecule has 2 rings (SSSR count). The summed E-state index contributed by atoms with van der Waals surface area (Å²) < 4.78 is 21.1. The van der Waals surface area contributed by atoms with E-state index in [2.05, 4.69) is 21.0 Å². The van der Waals surface area contributed by atoms with E-state index in [1.165, 1.54) is 12.1 Å². The smallest absolute Gasteiger partial charge is 0.128 e. The molecule has 0 spiro atoms. The first-order valence-electron chi connectivity index (χ1n) is 5.27. The van der Waals surface area contributed by atoms with Gasteiger partial charge < -0.3 is 4.74 Å². The minimum Gasteiger partial charge on any atom is -0.489 e. The summed E-state index contributed by atoms with van der Waals surface area (Å²) in [5.41, 5.74) is 0.965. The maximum Gasteiger partial charge on any atom is 0.128 e. The molecule has 0 unspecified atom stereocenters. The first kappa shape index (κ1) is 12.1. The SMILES string of the molecule is CCn1cc(COc2cc(F)cc(Br)c2)cn1. The van der Waals surface area contributed by atoms with Crippen LogP contribution in [0.25, 0.3) is 0 Å². The molecule has 1 aromatic heterocycles. The van der Waals surface area contributed by atoms with Gasteiger partial charge in [0.1, 0.15) is 18.2 Å². The number of ether oxygens (including phenoxy) is 1. The van der Waals surface area contributed by atoms with Crippen LogP contribution >= 0.6 is 15.9 Å². The van der Waals surface area contributed by atoms with Gasteiger partial charge in [0, 0.05) is 28.8 Å². The minimum absolute atomic E-state index is 0.321. The summed E-state index contributed by atoms with van der Waals surface area (Å²) in [7, 11) is 0. The Kier molecular flexibility index (Phi) is 3.78. The van der Waals surface area contributed by atoms with Crippen molar-refractivity contribution in [3.8, 4) is 5.75 Å². The average molecular weight is 299 g/mol. The first-order chi connectivity index (χ1) is 8.17. The van der Waals surface area contributed by atoms with Gasteiger partial charge in [0.15, 0.2) is 0 Å². The van der Waals surface area contributed by atoms with Crippen molar-refractivity contribution in [1.29, 1.82) is 0 Å². The normalized spacial score (nSPS) is 10.5. The fourth-order valence-corrected chi connectivity index (χ4v) is 1.88. The van der Waals surface area contributed by atoms with Gasteiger partial charge in [-0.15, -0.1) is 0 Å². The monoisotopic (exact) mass is 298 g/mol. The molecule has 3 nitrogen and oxygen atoms in total. The van der Waals surface area contributed by atoms with Crippen molar-refractivity contribution in [2.24, 2.45) is 0 Å². The highest BCUT2D eigenvalue weighted by Gasteiger charge is 2.02. The van der Waals surface area contributed by atoms with Gasteiger partial charge in [-0.05, 0) is 19.1 Å². The number of halogens is 2. The minimum atomic E-state index is -0.321. The number of aryl methyl sites for hydroxylation is 1. The van der Waals surface area contributed by atoms with Gasteiger partial charge in [0.25, 0.3) is 0 Å². The molecule has 5 heteroatoms. The molecular formula is C12H12BrFN2O. The zero-order valence-corrected chi connectivity index (χ0v) is 10.9. The summed E-state index contributed by atoms with van der Waals surface area (Å²) >= 11 is 3.22. The van der Waals surface area contributed by atoms with Gasteiger partial charge in [-0.3, -0.25) is 4.68 Å². The molecule has 0 saturated heterocycles. The Morgan fingerprint density at radius 1 is 1.41 bits per heavy atom. The summed E-state index contributed by atoms with van der Waals surface area (Å²) in [4.78, 5) is 0. The third kappa shape index (κ3) is 3.30. The van der Waals surface area contributed by atoms with Crippen LogP contribution < -0.4 is 4.74 Å². The van der Waals surface area contributed by atoms with Crippen LogP contribution in [0.1, 0.15) is 12.5 Å². The Morgan fingerprint density at radius 2 is 2.24 bits per heavy atom. The molecule has 2 aromatic rings. The number of aromatic nitrogens is 2. The van der Waals surface area contributed by atoms with Crippen LogP contribution in [0.2, 0.25) is 0 Å². The summed E-state index contributed by atoms with van der Waals surface area (Å²) in [5.74, 6) is 0.180. The predicted molar refractivity (Wildman–Crippen MR) is 66.3 cm³/mol. The van der Waals surface area contributed by atoms with Gasteiger partial charge >= 0.3 is 0 Å². The second-order valence-corrected chi connectivity index (χ2v) is 4.51. The predicted octanol–water partition coefficient (Wildman–Crippen LogP) is 3.38. The van der Waals surface area contributed by atoms with E-state index in [1.807, 2.05) is 17.8 Å². The van der Waals surface area contributed by atoms with Crippen LogP contribution in [0.3, 0.4) is 0 Å². The van der Waals surface area contributed by atoms with Crippen molar-refractivity contribution < 1.29 is 9.13 Å². The van der Waals surface area contributed by atoms with Crippen LogP contribution in [-0.2, 0) is 13.2 Å². The lowest BCUT2D eigenvalue weighted by Gasteiger charge is -2.05. The third-order valence-electron chi connectivity index (χ3n) is 2.25. The molecule has 0 fully saturated rings. The van der Waals surface area contributed by atoms with Crippen molar-refractivity contribution in [3.63, 3.8) is 0 Å². The highest BCUT2D eigenvalue weighted by Crippen LogP contribution is 2.21. The Morgan fingerprint density at radius 3 is 2.88 bits per heavy atom. The summed E-state index contributed by atoms with van der Waals surface area (Å²) in [6.07, 6.45) is 3.66. The molecule has 0 radical (unpaired) electrons. The Labute approximate surface area is 107 Å². The number of hydrogen-bond acceptors (Lipinski definition) is 2. The van der Waals surface area contributed by atoms with Gasteiger partial charge in [-0.2, -0.15) is 5.10 Å². The molecule has 0 aliphatic rings. The van der Waals surface area contributed by atoms with Crippen molar-refractivity contribution >= 4 is 15.9 Å². The molecule has 0 N–H and O–H groups in total. The molecule has 0 atom stereocenters. The molecule has 17 heavy (non-hydrogen) atoms. The van der Waals surface area contributed by atoms with Crippen molar-refractivity contribution in [2.45, 2.75) is 20.1 Å². The van der Waals surface area contributed by atoms with E-state index in [9.17, 15) is 4.39 Å². The van der Waals surface area contributed by atoms with E-state index in [-0.39, 0.29) is 5.82 Å². The highest BCUT2D eigenvalue weighted by atomic mass is 79.9. The number of benzene rings is 1. The van der Waals surface area contributed by atoms with Crippen molar-refractivity contribution in [3.05, 3.63) is 46.4 Å². The van der Waals surface area contributed by atoms with E-state index in [0.717, 1.165) is 12.1 Å². The summed E-state index contributed by atoms with van der Waals surface area (Å²) in [6, 6.07) is 4.48. The summed E-state index contributed by atoms with van der Waals surface area (Å²) in [6.45, 7) is 3.22. The first-order valence-corrected chi connectivity index (χ1v) is 6.07. The van der Waals surface area contributed by atoms with Crippen LogP contribution in [-0.4, -0.2) is 9.78 Å². The Bertz CT molecular complexity index is 493. The Balaban J connectivity index is 2.01. The second-order valence-electron chi connectivity index (χ2n) is 3.60. The number of rotatable bonds is 4. The number of nitrogens with zero attached hydrogens (tertiary/aromatic N) is 2. The highest BCUT2D eigenvalue weighted by molar-refractivity contribution is 9.10. The molecule has 1 heterocycles. The van der Waals surface area contributed by atoms with Crippen molar-refractivity contribution in [2.75, 3.05) is 0 Å². The molecule has 1 aromatic carbocycles. The van der Waals surface area contributed by atoms with Gasteiger partial charge in [-0.1, -0.05) is 15.9 Å². The molecule has 0 aliphatic heterocycles. The quantitative estimate of drug-likeness (QED) is 0.865. The van der Waals surface area contributed by atoms with E-state index < -0.39 is 0 Å². The lowest BCUT2D eigenvalue weighted by molar-refractivity contribution is 0.304. The maximum absolute atomic E-state index is 13.1. The lowest BCUT2D eigenvalue weighted by Crippen LogP contribution is -1.95. The van der Waals surface area contributed by atoms with E-state index in [4.69, 9.17) is 4.74 Å². The van der Waals surface area contributed by atoms with Gasteiger partial charge in [-0.25, -0.2) is 4.39 Å². The molecule has 0 saturated carbocycles. The largest absolute Gasteiger partial charge is 0.489 e. The molecule has 90 valence electrons. The van der Waals surface area contributed by atoms with Crippen molar-refractivity contribution in [1.82, 2.24) is 9.78 Å². The average Bonchev–Trinajstić information content (AvgIpc) is 2.73. The fraction of sp³-hybridized carbons (Fsp3) is 0.250. The standard InChI is InChI=1S/C12H12BrFN2O/c1-2-16-7-9(6-15-16)8-17-12-4-10(13)3-11(14)5-12/h3-7H,2,8H2,1H3. The molecule has 0 aliphatic carbocycles. The summed E-state index contributed by atoms with van der Waals surface area (Å²) in [5, 5.41) is 4.14. The molecular weight excluding hydrogens is 287 g/mol. The van der Waals surface area contributed by atoms with Crippen LogP contribution in [0, 0.1) is 5.82 Å². The zero-order chi connectivity index (χ0) is 12.3. The lowest BCUT2D eigenvalue weighted by atomic mass is 10.3. The fourth-order valence-electron chi connectivity index (χ4n) is 1.43. The van der Waals surface area contributed by atoms with Crippen LogP contribution in [0.15, 0.2) is 35.1 Å². The Hall–Kier alpha value is -1.36. The van der Waals surface area contributed by atoms with Crippen LogP contribution in [0.4, 0.5) is 4.39 Å². The zero-order valence-electron chi connectivity index (χ0n) is 9.36. The number of hydrogen-bond donors (Lipinski definition) is 0. The van der Waals surface area contributed by atoms with E-state index in [1.54, 1.807) is 12.3 Å². The maximum atomic E-state index is 13.1. The molecule has 0 bridgehead atoms. The van der Waals surface area contributed by atoms with Gasteiger partial charge in [0.05, 0.1) is 6.20 Å². The van der Waals surface area contributed by atoms with Gasteiger partial charge in [0.2, 0.25) is 0 Å².